The van der Waals surface area contributed by atoms with Gasteiger partial charge in [0.15, 0.2) is 5.76 Å². The van der Waals surface area contributed by atoms with Crippen molar-refractivity contribution >= 4 is 5.91 Å². The molecule has 2 aliphatic rings. The molecule has 0 aliphatic carbocycles. The Morgan fingerprint density at radius 2 is 2.16 bits per heavy atom. The number of ether oxygens (including phenoxy) is 2. The van der Waals surface area contributed by atoms with E-state index in [1.54, 1.807) is 18.5 Å². The van der Waals surface area contributed by atoms with E-state index in [2.05, 4.69) is 4.98 Å². The van der Waals surface area contributed by atoms with Gasteiger partial charge in [-0.1, -0.05) is 0 Å². The number of carbonyl (C=O) groups excluding carboxylic acids is 1. The minimum absolute atomic E-state index is 0.0379. The Labute approximate surface area is 146 Å². The van der Waals surface area contributed by atoms with E-state index in [1.807, 2.05) is 30.0 Å². The molecule has 1 atom stereocenters. The molecule has 4 rings (SSSR count). The lowest BCUT2D eigenvalue weighted by Crippen LogP contribution is -2.46. The first kappa shape index (κ1) is 16.1. The van der Waals surface area contributed by atoms with Crippen LogP contribution in [0.15, 0.2) is 41.1 Å². The Hall–Kier alpha value is -2.34. The summed E-state index contributed by atoms with van der Waals surface area (Å²) in [5.41, 5.74) is -0.178. The predicted octanol–water partition coefficient (Wildman–Crippen LogP) is 2.83. The van der Waals surface area contributed by atoms with Gasteiger partial charge in [0.05, 0.1) is 18.4 Å². The second kappa shape index (κ2) is 6.52. The van der Waals surface area contributed by atoms with E-state index in [1.165, 1.54) is 0 Å². The third kappa shape index (κ3) is 3.39. The minimum atomic E-state index is -0.178. The van der Waals surface area contributed by atoms with Crippen molar-refractivity contribution in [2.75, 3.05) is 19.7 Å². The predicted molar refractivity (Wildman–Crippen MR) is 90.5 cm³/mol. The number of nitrogens with zero attached hydrogens (tertiary/aromatic N) is 2. The number of piperidine rings is 1. The summed E-state index contributed by atoms with van der Waals surface area (Å²) in [4.78, 5) is 18.4. The maximum absolute atomic E-state index is 12.5. The molecule has 1 unspecified atom stereocenters. The molecule has 4 heterocycles. The molecular weight excluding hydrogens is 320 g/mol. The van der Waals surface area contributed by atoms with Gasteiger partial charge < -0.3 is 18.8 Å². The minimum Gasteiger partial charge on any atom is -0.486 e. The highest BCUT2D eigenvalue weighted by Crippen LogP contribution is 2.37. The van der Waals surface area contributed by atoms with Crippen molar-refractivity contribution in [3.8, 4) is 5.75 Å². The van der Waals surface area contributed by atoms with Gasteiger partial charge in [-0.3, -0.25) is 9.78 Å². The normalized spacial score (nSPS) is 22.3. The summed E-state index contributed by atoms with van der Waals surface area (Å²) in [6, 6.07) is 7.33. The monoisotopic (exact) mass is 342 g/mol. The molecule has 2 aromatic rings. The first-order valence-electron chi connectivity index (χ1n) is 8.70. The van der Waals surface area contributed by atoms with Gasteiger partial charge in [-0.05, 0) is 44.0 Å². The largest absolute Gasteiger partial charge is 0.486 e. The topological polar surface area (TPSA) is 64.8 Å². The first-order chi connectivity index (χ1) is 12.1. The number of likely N-dealkylation sites (tertiary alicyclic amines) is 1. The van der Waals surface area contributed by atoms with Crippen LogP contribution in [0.1, 0.15) is 35.6 Å². The fraction of sp³-hybridized carbons (Fsp3) is 0.474. The Morgan fingerprint density at radius 3 is 2.84 bits per heavy atom. The highest BCUT2D eigenvalue weighted by molar-refractivity contribution is 5.91. The number of pyridine rings is 1. The molecule has 2 fully saturated rings. The maximum Gasteiger partial charge on any atom is 0.289 e. The summed E-state index contributed by atoms with van der Waals surface area (Å²) >= 11 is 0. The van der Waals surface area contributed by atoms with Crippen molar-refractivity contribution in [3.05, 3.63) is 48.2 Å². The number of rotatable bonds is 3. The average molecular weight is 342 g/mol. The van der Waals surface area contributed by atoms with Crippen LogP contribution in [0.4, 0.5) is 0 Å². The number of hydrogen-bond acceptors (Lipinski definition) is 5. The molecule has 132 valence electrons. The second-order valence-corrected chi connectivity index (χ2v) is 6.83. The molecule has 6 nitrogen and oxygen atoms in total. The fourth-order valence-electron chi connectivity index (χ4n) is 3.66. The lowest BCUT2D eigenvalue weighted by atomic mass is 9.88. The van der Waals surface area contributed by atoms with Crippen molar-refractivity contribution in [1.29, 1.82) is 0 Å². The standard InChI is InChI=1S/C19H22N2O4/c1-14-4-5-17(24-14)18(22)21-9-6-19(7-10-21)11-16(13-23-19)25-15-3-2-8-20-12-15/h2-5,8,12,16H,6-7,9-11,13H2,1H3. The zero-order chi connectivity index (χ0) is 17.3. The van der Waals surface area contributed by atoms with Crippen LogP contribution < -0.4 is 4.74 Å². The maximum atomic E-state index is 12.5. The van der Waals surface area contributed by atoms with E-state index in [0.717, 1.165) is 30.8 Å². The molecule has 2 aliphatic heterocycles. The molecule has 1 spiro atoms. The fourth-order valence-corrected chi connectivity index (χ4v) is 3.66. The molecule has 0 radical (unpaired) electrons. The number of furan rings is 1. The van der Waals surface area contributed by atoms with Crippen LogP contribution in [0.5, 0.6) is 5.75 Å². The zero-order valence-corrected chi connectivity index (χ0v) is 14.3. The van der Waals surface area contributed by atoms with Crippen LogP contribution in [-0.2, 0) is 4.74 Å². The SMILES string of the molecule is Cc1ccc(C(=O)N2CCC3(CC2)CC(Oc2cccnc2)CO3)o1. The van der Waals surface area contributed by atoms with E-state index in [-0.39, 0.29) is 17.6 Å². The van der Waals surface area contributed by atoms with Crippen LogP contribution in [-0.4, -0.2) is 47.2 Å². The van der Waals surface area contributed by atoms with Gasteiger partial charge in [0.25, 0.3) is 5.91 Å². The summed E-state index contributed by atoms with van der Waals surface area (Å²) in [7, 11) is 0. The highest BCUT2D eigenvalue weighted by atomic mass is 16.6. The lowest BCUT2D eigenvalue weighted by Gasteiger charge is -2.38. The lowest BCUT2D eigenvalue weighted by molar-refractivity contribution is -0.0399. The van der Waals surface area contributed by atoms with E-state index in [9.17, 15) is 4.79 Å². The summed E-state index contributed by atoms with van der Waals surface area (Å²) in [5, 5.41) is 0. The molecule has 2 aromatic heterocycles. The van der Waals surface area contributed by atoms with Gasteiger partial charge in [0, 0.05) is 25.7 Å². The van der Waals surface area contributed by atoms with Crippen molar-refractivity contribution in [2.24, 2.45) is 0 Å². The first-order valence-corrected chi connectivity index (χ1v) is 8.70. The van der Waals surface area contributed by atoms with E-state index < -0.39 is 0 Å². The zero-order valence-electron chi connectivity index (χ0n) is 14.3. The van der Waals surface area contributed by atoms with E-state index in [4.69, 9.17) is 13.9 Å². The molecule has 25 heavy (non-hydrogen) atoms. The quantitative estimate of drug-likeness (QED) is 0.858. The number of hydrogen-bond donors (Lipinski definition) is 0. The molecule has 1 amide bonds. The van der Waals surface area contributed by atoms with Crippen LogP contribution in [0.3, 0.4) is 0 Å². The van der Waals surface area contributed by atoms with Gasteiger partial charge in [0.1, 0.15) is 17.6 Å². The van der Waals surface area contributed by atoms with Crippen LogP contribution >= 0.6 is 0 Å². The molecule has 2 saturated heterocycles. The average Bonchev–Trinajstić information content (AvgIpc) is 3.23. The van der Waals surface area contributed by atoms with E-state index in [0.29, 0.717) is 25.5 Å². The van der Waals surface area contributed by atoms with Gasteiger partial charge in [-0.25, -0.2) is 0 Å². The van der Waals surface area contributed by atoms with Gasteiger partial charge >= 0.3 is 0 Å². The second-order valence-electron chi connectivity index (χ2n) is 6.83. The number of aromatic nitrogens is 1. The van der Waals surface area contributed by atoms with Crippen LogP contribution in [0.25, 0.3) is 0 Å². The Morgan fingerprint density at radius 1 is 1.32 bits per heavy atom. The molecule has 0 bridgehead atoms. The van der Waals surface area contributed by atoms with Gasteiger partial charge in [-0.15, -0.1) is 0 Å². The summed E-state index contributed by atoms with van der Waals surface area (Å²) in [6.45, 7) is 3.79. The number of amides is 1. The van der Waals surface area contributed by atoms with Crippen LogP contribution in [0.2, 0.25) is 0 Å². The third-order valence-electron chi connectivity index (χ3n) is 5.03. The molecule has 0 N–H and O–H groups in total. The van der Waals surface area contributed by atoms with Crippen molar-refractivity contribution < 1.29 is 18.7 Å². The summed E-state index contributed by atoms with van der Waals surface area (Å²) in [6.07, 6.45) is 5.99. The smallest absolute Gasteiger partial charge is 0.289 e. The Kier molecular flexibility index (Phi) is 4.21. The molecule has 6 heteroatoms. The highest BCUT2D eigenvalue weighted by Gasteiger charge is 2.44. The molecule has 0 saturated carbocycles. The van der Waals surface area contributed by atoms with Crippen molar-refractivity contribution in [2.45, 2.75) is 37.9 Å². The summed E-state index contributed by atoms with van der Waals surface area (Å²) in [5.74, 6) is 1.91. The molecular formula is C19H22N2O4. The summed E-state index contributed by atoms with van der Waals surface area (Å²) < 4.78 is 17.5. The van der Waals surface area contributed by atoms with Crippen LogP contribution in [0, 0.1) is 6.92 Å². The third-order valence-corrected chi connectivity index (χ3v) is 5.03. The van der Waals surface area contributed by atoms with E-state index >= 15 is 0 Å². The number of carbonyl (C=O) groups is 1. The van der Waals surface area contributed by atoms with Crippen molar-refractivity contribution in [3.63, 3.8) is 0 Å². The Bertz CT molecular complexity index is 735. The number of aryl methyl sites for hydroxylation is 1. The van der Waals surface area contributed by atoms with Gasteiger partial charge in [0.2, 0.25) is 0 Å². The molecule has 0 aromatic carbocycles. The van der Waals surface area contributed by atoms with Gasteiger partial charge in [-0.2, -0.15) is 0 Å². The van der Waals surface area contributed by atoms with Crippen molar-refractivity contribution in [1.82, 2.24) is 9.88 Å². The Balaban J connectivity index is 1.33.